The molecule has 0 saturated carbocycles. The summed E-state index contributed by atoms with van der Waals surface area (Å²) in [5.74, 6) is -1.88. The van der Waals surface area contributed by atoms with E-state index in [0.717, 1.165) is 63.7 Å². The molecule has 0 radical (unpaired) electrons. The standard InChI is InChI=1S/C20H34N2O3.C2H2O4/c1-3-5-15-24-19-6-8-20(9-7-19)25-18-17-23-16-14-22-12-10-21(4-2)11-13-22;3-1(4)2(5)6/h6-9H,3-5,10-18H2,1-2H3;(H,3,4)(H,5,6). The summed E-state index contributed by atoms with van der Waals surface area (Å²) in [6.07, 6.45) is 2.24. The molecule has 1 heterocycles. The number of unbranched alkanes of at least 4 members (excludes halogenated alkanes) is 1. The van der Waals surface area contributed by atoms with E-state index in [4.69, 9.17) is 34.0 Å². The van der Waals surface area contributed by atoms with E-state index in [0.29, 0.717) is 13.2 Å². The Morgan fingerprint density at radius 1 is 0.806 bits per heavy atom. The van der Waals surface area contributed by atoms with E-state index in [-0.39, 0.29) is 0 Å². The highest BCUT2D eigenvalue weighted by Crippen LogP contribution is 2.17. The van der Waals surface area contributed by atoms with Gasteiger partial charge in [0, 0.05) is 32.7 Å². The highest BCUT2D eigenvalue weighted by molar-refractivity contribution is 6.27. The first kappa shape index (κ1) is 26.7. The zero-order valence-corrected chi connectivity index (χ0v) is 18.6. The van der Waals surface area contributed by atoms with E-state index < -0.39 is 11.9 Å². The molecule has 1 aromatic rings. The number of benzene rings is 1. The average Bonchev–Trinajstić information content (AvgIpc) is 2.78. The van der Waals surface area contributed by atoms with Crippen LogP contribution >= 0.6 is 0 Å². The molecule has 176 valence electrons. The summed E-state index contributed by atoms with van der Waals surface area (Å²) in [5, 5.41) is 14.8. The van der Waals surface area contributed by atoms with Gasteiger partial charge in [0.25, 0.3) is 0 Å². The topological polar surface area (TPSA) is 109 Å². The predicted molar refractivity (Wildman–Crippen MR) is 117 cm³/mol. The third-order valence-electron chi connectivity index (χ3n) is 4.73. The van der Waals surface area contributed by atoms with Crippen LogP contribution in [0, 0.1) is 0 Å². The van der Waals surface area contributed by atoms with Crippen LogP contribution in [0.4, 0.5) is 0 Å². The molecule has 0 aliphatic carbocycles. The first-order valence-electron chi connectivity index (χ1n) is 10.8. The first-order valence-corrected chi connectivity index (χ1v) is 10.8. The summed E-state index contributed by atoms with van der Waals surface area (Å²) in [6, 6.07) is 7.83. The van der Waals surface area contributed by atoms with Gasteiger partial charge in [-0.25, -0.2) is 9.59 Å². The zero-order chi connectivity index (χ0) is 22.9. The van der Waals surface area contributed by atoms with Crippen LogP contribution in [-0.2, 0) is 14.3 Å². The Morgan fingerprint density at radius 3 is 1.81 bits per heavy atom. The summed E-state index contributed by atoms with van der Waals surface area (Å²) in [7, 11) is 0. The molecule has 0 unspecified atom stereocenters. The maximum Gasteiger partial charge on any atom is 0.414 e. The van der Waals surface area contributed by atoms with E-state index in [1.807, 2.05) is 24.3 Å². The molecule has 0 amide bonds. The van der Waals surface area contributed by atoms with Crippen molar-refractivity contribution in [2.45, 2.75) is 26.7 Å². The van der Waals surface area contributed by atoms with E-state index in [2.05, 4.69) is 23.6 Å². The fourth-order valence-corrected chi connectivity index (χ4v) is 2.81. The predicted octanol–water partition coefficient (Wildman–Crippen LogP) is 2.05. The second-order valence-electron chi connectivity index (χ2n) is 7.02. The molecule has 2 rings (SSSR count). The van der Waals surface area contributed by atoms with Gasteiger partial charge in [0.05, 0.1) is 19.8 Å². The van der Waals surface area contributed by atoms with Crippen molar-refractivity contribution < 1.29 is 34.0 Å². The number of ether oxygens (including phenoxy) is 3. The van der Waals surface area contributed by atoms with E-state index >= 15 is 0 Å². The average molecular weight is 441 g/mol. The van der Waals surface area contributed by atoms with Gasteiger partial charge in [0.1, 0.15) is 18.1 Å². The molecule has 31 heavy (non-hydrogen) atoms. The number of hydrogen-bond acceptors (Lipinski definition) is 7. The third-order valence-corrected chi connectivity index (χ3v) is 4.73. The third kappa shape index (κ3) is 12.8. The van der Waals surface area contributed by atoms with Crippen molar-refractivity contribution in [3.8, 4) is 11.5 Å². The van der Waals surface area contributed by atoms with Crippen molar-refractivity contribution in [2.75, 3.05) is 65.7 Å². The molecule has 0 bridgehead atoms. The van der Waals surface area contributed by atoms with Gasteiger partial charge in [0.2, 0.25) is 0 Å². The number of rotatable bonds is 12. The molecular weight excluding hydrogens is 404 g/mol. The molecule has 2 N–H and O–H groups in total. The Bertz CT molecular complexity index is 605. The Morgan fingerprint density at radius 2 is 1.32 bits per heavy atom. The van der Waals surface area contributed by atoms with Crippen molar-refractivity contribution in [3.05, 3.63) is 24.3 Å². The second-order valence-corrected chi connectivity index (χ2v) is 7.02. The van der Waals surface area contributed by atoms with Gasteiger partial charge in [-0.2, -0.15) is 0 Å². The molecule has 0 spiro atoms. The summed E-state index contributed by atoms with van der Waals surface area (Å²) in [6.45, 7) is 14.0. The van der Waals surface area contributed by atoms with Crippen LogP contribution in [0.25, 0.3) is 0 Å². The number of hydrogen-bond donors (Lipinski definition) is 2. The number of piperazine rings is 1. The second kappa shape index (κ2) is 16.3. The van der Waals surface area contributed by atoms with Crippen molar-refractivity contribution >= 4 is 11.9 Å². The SMILES string of the molecule is CCCCOc1ccc(OCCOCCN2CCN(CC)CC2)cc1.O=C(O)C(=O)O. The molecule has 1 fully saturated rings. The van der Waals surface area contributed by atoms with Gasteiger partial charge in [0.15, 0.2) is 0 Å². The van der Waals surface area contributed by atoms with Crippen molar-refractivity contribution in [2.24, 2.45) is 0 Å². The lowest BCUT2D eigenvalue weighted by atomic mass is 10.3. The minimum atomic E-state index is -1.82. The lowest BCUT2D eigenvalue weighted by molar-refractivity contribution is -0.159. The zero-order valence-electron chi connectivity index (χ0n) is 18.6. The minimum absolute atomic E-state index is 0.583. The lowest BCUT2D eigenvalue weighted by Gasteiger charge is -2.33. The largest absolute Gasteiger partial charge is 0.494 e. The molecule has 0 aromatic heterocycles. The Labute approximate surface area is 184 Å². The van der Waals surface area contributed by atoms with Gasteiger partial charge < -0.3 is 29.3 Å². The molecule has 9 heteroatoms. The van der Waals surface area contributed by atoms with Crippen molar-refractivity contribution in [1.29, 1.82) is 0 Å². The van der Waals surface area contributed by atoms with Gasteiger partial charge in [-0.1, -0.05) is 20.3 Å². The Kier molecular flexibility index (Phi) is 14.1. The summed E-state index contributed by atoms with van der Waals surface area (Å²) in [4.78, 5) is 23.2. The Hall–Kier alpha value is -2.36. The fourth-order valence-electron chi connectivity index (χ4n) is 2.81. The maximum atomic E-state index is 9.10. The normalized spacial score (nSPS) is 14.4. The number of aliphatic carboxylic acids is 2. The van der Waals surface area contributed by atoms with Gasteiger partial charge in [-0.3, -0.25) is 4.90 Å². The molecular formula is C22H36N2O7. The first-order chi connectivity index (χ1) is 15.0. The van der Waals surface area contributed by atoms with Crippen LogP contribution in [0.5, 0.6) is 11.5 Å². The van der Waals surface area contributed by atoms with Gasteiger partial charge in [-0.05, 0) is 37.2 Å². The van der Waals surface area contributed by atoms with Crippen LogP contribution < -0.4 is 9.47 Å². The van der Waals surface area contributed by atoms with Crippen LogP contribution in [-0.4, -0.2) is 97.6 Å². The van der Waals surface area contributed by atoms with Crippen molar-refractivity contribution in [1.82, 2.24) is 9.80 Å². The molecule has 9 nitrogen and oxygen atoms in total. The highest BCUT2D eigenvalue weighted by atomic mass is 16.5. The van der Waals surface area contributed by atoms with E-state index in [1.165, 1.54) is 13.1 Å². The number of carboxylic acid groups (broad SMARTS) is 2. The number of carboxylic acids is 2. The fraction of sp³-hybridized carbons (Fsp3) is 0.636. The molecule has 0 atom stereocenters. The minimum Gasteiger partial charge on any atom is -0.494 e. The molecule has 1 aliphatic rings. The number of likely N-dealkylation sites (N-methyl/N-ethyl adjacent to an activating group) is 1. The monoisotopic (exact) mass is 440 g/mol. The molecule has 1 aliphatic heterocycles. The van der Waals surface area contributed by atoms with Gasteiger partial charge >= 0.3 is 11.9 Å². The summed E-state index contributed by atoms with van der Waals surface area (Å²) >= 11 is 0. The van der Waals surface area contributed by atoms with Gasteiger partial charge in [-0.15, -0.1) is 0 Å². The van der Waals surface area contributed by atoms with E-state index in [9.17, 15) is 0 Å². The molecule has 1 saturated heterocycles. The van der Waals surface area contributed by atoms with Crippen molar-refractivity contribution in [3.63, 3.8) is 0 Å². The maximum absolute atomic E-state index is 9.10. The number of nitrogens with zero attached hydrogens (tertiary/aromatic N) is 2. The van der Waals surface area contributed by atoms with Crippen LogP contribution in [0.1, 0.15) is 26.7 Å². The number of carbonyl (C=O) groups is 2. The van der Waals surface area contributed by atoms with Crippen LogP contribution in [0.3, 0.4) is 0 Å². The lowest BCUT2D eigenvalue weighted by Crippen LogP contribution is -2.47. The summed E-state index contributed by atoms with van der Waals surface area (Å²) in [5.41, 5.74) is 0. The Balaban J connectivity index is 0.000000703. The smallest absolute Gasteiger partial charge is 0.414 e. The van der Waals surface area contributed by atoms with E-state index in [1.54, 1.807) is 0 Å². The van der Waals surface area contributed by atoms with Crippen LogP contribution in [0.2, 0.25) is 0 Å². The highest BCUT2D eigenvalue weighted by Gasteiger charge is 2.14. The van der Waals surface area contributed by atoms with Crippen LogP contribution in [0.15, 0.2) is 24.3 Å². The molecule has 1 aromatic carbocycles. The summed E-state index contributed by atoms with van der Waals surface area (Å²) < 4.78 is 17.0. The quantitative estimate of drug-likeness (QED) is 0.373.